The first-order valence-corrected chi connectivity index (χ1v) is 8.84. The van der Waals surface area contributed by atoms with E-state index in [4.69, 9.17) is 9.47 Å². The third-order valence-electron chi connectivity index (χ3n) is 3.74. The number of aromatic nitrogens is 4. The summed E-state index contributed by atoms with van der Waals surface area (Å²) in [5.41, 5.74) is 6.78. The number of benzene rings is 1. The highest BCUT2D eigenvalue weighted by Crippen LogP contribution is 2.29. The average molecular weight is 382 g/mol. The molecule has 3 rings (SSSR count). The van der Waals surface area contributed by atoms with Gasteiger partial charge in [0.15, 0.2) is 11.5 Å². The van der Waals surface area contributed by atoms with E-state index in [1.165, 1.54) is 0 Å². The van der Waals surface area contributed by atoms with Gasteiger partial charge in [-0.1, -0.05) is 10.3 Å². The molecule has 0 aliphatic carbocycles. The van der Waals surface area contributed by atoms with Crippen LogP contribution in [-0.2, 0) is 6.61 Å². The monoisotopic (exact) mass is 382 g/mol. The van der Waals surface area contributed by atoms with Gasteiger partial charge in [-0.25, -0.2) is 20.0 Å². The highest BCUT2D eigenvalue weighted by molar-refractivity contribution is 5.81. The molecule has 2 heterocycles. The van der Waals surface area contributed by atoms with Crippen LogP contribution in [0.2, 0.25) is 0 Å². The lowest BCUT2D eigenvalue weighted by molar-refractivity contribution is 0.253. The summed E-state index contributed by atoms with van der Waals surface area (Å²) in [4.78, 5) is 8.57. The minimum atomic E-state index is 0.244. The molecule has 0 bridgehead atoms. The standard InChI is InChI=1S/C19H22N6O3/c1-5-26-18-9-15(10-20-23-19-21-12(2)8-13(3)22-19)6-7-17(18)27-11-16-14(4)24-28-25-16/h6-10H,5,11H2,1-4H3,(H,21,22,23)/b20-10+. The second-order valence-corrected chi connectivity index (χ2v) is 6.07. The van der Waals surface area contributed by atoms with Crippen LogP contribution in [0.3, 0.4) is 0 Å². The van der Waals surface area contributed by atoms with E-state index < -0.39 is 0 Å². The molecular weight excluding hydrogens is 360 g/mol. The second kappa shape index (κ2) is 8.94. The third kappa shape index (κ3) is 5.03. The Kier molecular flexibility index (Phi) is 6.15. The maximum absolute atomic E-state index is 5.80. The summed E-state index contributed by atoms with van der Waals surface area (Å²) in [5.74, 6) is 1.67. The summed E-state index contributed by atoms with van der Waals surface area (Å²) in [6.45, 7) is 8.30. The number of nitrogens with zero attached hydrogens (tertiary/aromatic N) is 5. The lowest BCUT2D eigenvalue weighted by Crippen LogP contribution is -2.02. The summed E-state index contributed by atoms with van der Waals surface area (Å²) in [7, 11) is 0. The highest BCUT2D eigenvalue weighted by atomic mass is 16.6. The molecule has 0 aliphatic rings. The van der Waals surface area contributed by atoms with Gasteiger partial charge >= 0.3 is 0 Å². The Bertz CT molecular complexity index is 950. The molecular formula is C19H22N6O3. The zero-order valence-electron chi connectivity index (χ0n) is 16.3. The van der Waals surface area contributed by atoms with E-state index in [2.05, 4.69) is 35.4 Å². The maximum Gasteiger partial charge on any atom is 0.243 e. The fraction of sp³-hybridized carbons (Fsp3) is 0.316. The highest BCUT2D eigenvalue weighted by Gasteiger charge is 2.10. The first-order chi connectivity index (χ1) is 13.5. The minimum absolute atomic E-state index is 0.244. The number of rotatable bonds is 8. The topological polar surface area (TPSA) is 108 Å². The molecule has 2 aromatic heterocycles. The van der Waals surface area contributed by atoms with Gasteiger partial charge in [-0.2, -0.15) is 5.10 Å². The van der Waals surface area contributed by atoms with Crippen LogP contribution >= 0.6 is 0 Å². The SMILES string of the molecule is CCOc1cc(/C=N/Nc2nc(C)cc(C)n2)ccc1OCc1nonc1C. The first-order valence-electron chi connectivity index (χ1n) is 8.84. The van der Waals surface area contributed by atoms with Crippen molar-refractivity contribution in [1.29, 1.82) is 0 Å². The van der Waals surface area contributed by atoms with Crippen molar-refractivity contribution in [2.24, 2.45) is 5.10 Å². The van der Waals surface area contributed by atoms with Crippen LogP contribution in [0.25, 0.3) is 0 Å². The van der Waals surface area contributed by atoms with Crippen molar-refractivity contribution in [3.05, 3.63) is 52.6 Å². The molecule has 146 valence electrons. The van der Waals surface area contributed by atoms with E-state index in [1.807, 2.05) is 52.0 Å². The Hall–Kier alpha value is -3.49. The van der Waals surface area contributed by atoms with Crippen LogP contribution in [0.4, 0.5) is 5.95 Å². The van der Waals surface area contributed by atoms with Gasteiger partial charge in [0.05, 0.1) is 12.8 Å². The van der Waals surface area contributed by atoms with Gasteiger partial charge in [0.2, 0.25) is 5.95 Å². The zero-order valence-corrected chi connectivity index (χ0v) is 16.3. The predicted molar refractivity (Wildman–Crippen MR) is 104 cm³/mol. The van der Waals surface area contributed by atoms with Crippen LogP contribution in [0, 0.1) is 20.8 Å². The van der Waals surface area contributed by atoms with Crippen LogP contribution in [0.15, 0.2) is 34.0 Å². The summed E-state index contributed by atoms with van der Waals surface area (Å²) < 4.78 is 16.2. The summed E-state index contributed by atoms with van der Waals surface area (Å²) in [6, 6.07) is 7.45. The van der Waals surface area contributed by atoms with E-state index in [-0.39, 0.29) is 6.61 Å². The van der Waals surface area contributed by atoms with Crippen LogP contribution in [0.5, 0.6) is 11.5 Å². The number of hydrogen-bond acceptors (Lipinski definition) is 9. The van der Waals surface area contributed by atoms with Crippen molar-refractivity contribution in [2.75, 3.05) is 12.0 Å². The Morgan fingerprint density at radius 2 is 1.82 bits per heavy atom. The predicted octanol–water partition coefficient (Wildman–Crippen LogP) is 3.21. The Balaban J connectivity index is 1.69. The molecule has 0 aliphatic heterocycles. The van der Waals surface area contributed by atoms with E-state index in [9.17, 15) is 0 Å². The smallest absolute Gasteiger partial charge is 0.243 e. The Labute approximate surface area is 162 Å². The molecule has 1 N–H and O–H groups in total. The van der Waals surface area contributed by atoms with Gasteiger partial charge in [0.25, 0.3) is 0 Å². The largest absolute Gasteiger partial charge is 0.490 e. The molecule has 0 amide bonds. The van der Waals surface area contributed by atoms with Crippen molar-refractivity contribution in [3.63, 3.8) is 0 Å². The number of aryl methyl sites for hydroxylation is 3. The van der Waals surface area contributed by atoms with Crippen molar-refractivity contribution >= 4 is 12.2 Å². The number of hydrogen-bond donors (Lipinski definition) is 1. The molecule has 1 aromatic carbocycles. The lowest BCUT2D eigenvalue weighted by atomic mass is 10.2. The van der Waals surface area contributed by atoms with Gasteiger partial charge in [0, 0.05) is 11.4 Å². The molecule has 0 unspecified atom stereocenters. The normalized spacial score (nSPS) is 11.0. The second-order valence-electron chi connectivity index (χ2n) is 6.07. The number of ether oxygens (including phenoxy) is 2. The van der Waals surface area contributed by atoms with Gasteiger partial charge in [-0.3, -0.25) is 0 Å². The number of anilines is 1. The van der Waals surface area contributed by atoms with Crippen molar-refractivity contribution in [2.45, 2.75) is 34.3 Å². The maximum atomic E-state index is 5.80. The van der Waals surface area contributed by atoms with Crippen LogP contribution < -0.4 is 14.9 Å². The quantitative estimate of drug-likeness (QED) is 0.467. The van der Waals surface area contributed by atoms with Gasteiger partial charge < -0.3 is 9.47 Å². The molecule has 9 heteroatoms. The molecule has 0 spiro atoms. The van der Waals surface area contributed by atoms with E-state index in [0.717, 1.165) is 17.0 Å². The van der Waals surface area contributed by atoms with E-state index >= 15 is 0 Å². The van der Waals surface area contributed by atoms with Gasteiger partial charge in [-0.15, -0.1) is 0 Å². The van der Waals surface area contributed by atoms with Crippen molar-refractivity contribution < 1.29 is 14.1 Å². The van der Waals surface area contributed by atoms with Crippen molar-refractivity contribution in [3.8, 4) is 11.5 Å². The molecule has 28 heavy (non-hydrogen) atoms. The molecule has 9 nitrogen and oxygen atoms in total. The van der Waals surface area contributed by atoms with Crippen molar-refractivity contribution in [1.82, 2.24) is 20.3 Å². The Morgan fingerprint density at radius 3 is 2.50 bits per heavy atom. The number of hydrazone groups is 1. The molecule has 0 saturated carbocycles. The molecule has 0 fully saturated rings. The minimum Gasteiger partial charge on any atom is -0.490 e. The average Bonchev–Trinajstić information content (AvgIpc) is 3.05. The lowest BCUT2D eigenvalue weighted by Gasteiger charge is -2.11. The first kappa shape index (κ1) is 19.3. The fourth-order valence-electron chi connectivity index (χ4n) is 2.46. The summed E-state index contributed by atoms with van der Waals surface area (Å²) in [5, 5.41) is 11.7. The summed E-state index contributed by atoms with van der Waals surface area (Å²) in [6.07, 6.45) is 1.67. The Morgan fingerprint density at radius 1 is 1.04 bits per heavy atom. The molecule has 0 radical (unpaired) electrons. The van der Waals surface area contributed by atoms with Crippen LogP contribution in [-0.4, -0.2) is 33.1 Å². The van der Waals surface area contributed by atoms with Crippen LogP contribution in [0.1, 0.15) is 35.3 Å². The van der Waals surface area contributed by atoms with E-state index in [0.29, 0.717) is 35.4 Å². The third-order valence-corrected chi connectivity index (χ3v) is 3.74. The zero-order chi connectivity index (χ0) is 19.9. The molecule has 3 aromatic rings. The molecule has 0 saturated heterocycles. The summed E-state index contributed by atoms with van der Waals surface area (Å²) >= 11 is 0. The van der Waals surface area contributed by atoms with Gasteiger partial charge in [0.1, 0.15) is 18.0 Å². The number of nitrogens with one attached hydrogen (secondary N) is 1. The fourth-order valence-corrected chi connectivity index (χ4v) is 2.46. The molecule has 0 atom stereocenters. The van der Waals surface area contributed by atoms with E-state index in [1.54, 1.807) is 6.21 Å². The van der Waals surface area contributed by atoms with Gasteiger partial charge in [-0.05, 0) is 57.5 Å².